The molecule has 0 bridgehead atoms. The van der Waals surface area contributed by atoms with E-state index in [1.54, 1.807) is 0 Å². The average molecular weight is 164 g/mol. The molecule has 0 aliphatic rings. The van der Waals surface area contributed by atoms with E-state index in [1.165, 1.54) is 5.56 Å². The third-order valence-corrected chi connectivity index (χ3v) is 2.28. The van der Waals surface area contributed by atoms with Crippen molar-refractivity contribution < 1.29 is 0 Å². The number of hydrogen-bond donors (Lipinski definition) is 2. The molecule has 0 aromatic heterocycles. The lowest BCUT2D eigenvalue weighted by Crippen LogP contribution is -2.01. The molecule has 66 valence electrons. The van der Waals surface area contributed by atoms with Gasteiger partial charge < -0.3 is 11.1 Å². The molecule has 0 aliphatic carbocycles. The van der Waals surface area contributed by atoms with Crippen molar-refractivity contribution in [2.45, 2.75) is 20.8 Å². The maximum atomic E-state index is 5.89. The Bertz CT molecular complexity index is 303. The Labute approximate surface area is 73.8 Å². The molecular weight excluding hydrogens is 148 g/mol. The van der Waals surface area contributed by atoms with Gasteiger partial charge in [-0.2, -0.15) is 0 Å². The fourth-order valence-corrected chi connectivity index (χ4v) is 1.59. The van der Waals surface area contributed by atoms with Crippen molar-refractivity contribution in [3.63, 3.8) is 0 Å². The number of nitrogen functional groups attached to an aromatic ring is 1. The van der Waals surface area contributed by atoms with Crippen LogP contribution in [0, 0.1) is 20.8 Å². The van der Waals surface area contributed by atoms with Crippen molar-refractivity contribution in [2.24, 2.45) is 0 Å². The van der Waals surface area contributed by atoms with E-state index in [-0.39, 0.29) is 0 Å². The standard InChI is InChI=1S/C10H16N2/c1-6-5-7(2)10(12-4)8(3)9(6)11/h5,12H,11H2,1-4H3. The van der Waals surface area contributed by atoms with Crippen molar-refractivity contribution >= 4 is 11.4 Å². The summed E-state index contributed by atoms with van der Waals surface area (Å²) in [6.45, 7) is 6.17. The lowest BCUT2D eigenvalue weighted by atomic mass is 10.0. The molecule has 0 radical (unpaired) electrons. The molecule has 3 N–H and O–H groups in total. The van der Waals surface area contributed by atoms with Gasteiger partial charge in [-0.05, 0) is 37.5 Å². The molecule has 0 fully saturated rings. The van der Waals surface area contributed by atoms with Gasteiger partial charge in [0.1, 0.15) is 0 Å². The summed E-state index contributed by atoms with van der Waals surface area (Å²) >= 11 is 0. The van der Waals surface area contributed by atoms with Crippen LogP contribution in [0.4, 0.5) is 11.4 Å². The van der Waals surface area contributed by atoms with E-state index in [4.69, 9.17) is 5.73 Å². The van der Waals surface area contributed by atoms with Crippen LogP contribution in [0.15, 0.2) is 6.07 Å². The molecule has 2 nitrogen and oxygen atoms in total. The highest BCUT2D eigenvalue weighted by molar-refractivity contribution is 5.69. The second kappa shape index (κ2) is 3.05. The van der Waals surface area contributed by atoms with Crippen molar-refractivity contribution in [1.82, 2.24) is 0 Å². The Morgan fingerprint density at radius 1 is 1.17 bits per heavy atom. The lowest BCUT2D eigenvalue weighted by molar-refractivity contribution is 1.30. The monoisotopic (exact) mass is 164 g/mol. The van der Waals surface area contributed by atoms with Gasteiger partial charge >= 0.3 is 0 Å². The maximum absolute atomic E-state index is 5.89. The van der Waals surface area contributed by atoms with E-state index in [0.29, 0.717) is 0 Å². The van der Waals surface area contributed by atoms with E-state index in [9.17, 15) is 0 Å². The Morgan fingerprint density at radius 2 is 1.75 bits per heavy atom. The van der Waals surface area contributed by atoms with Crippen LogP contribution in [-0.2, 0) is 0 Å². The molecule has 0 aliphatic heterocycles. The molecule has 0 saturated heterocycles. The minimum absolute atomic E-state index is 0.893. The molecule has 0 heterocycles. The summed E-state index contributed by atoms with van der Waals surface area (Å²) < 4.78 is 0. The highest BCUT2D eigenvalue weighted by atomic mass is 14.8. The summed E-state index contributed by atoms with van der Waals surface area (Å²) in [6, 6.07) is 2.11. The number of hydrogen-bond acceptors (Lipinski definition) is 2. The number of benzene rings is 1. The van der Waals surface area contributed by atoms with Crippen LogP contribution in [0.5, 0.6) is 0 Å². The summed E-state index contributed by atoms with van der Waals surface area (Å²) in [7, 11) is 1.92. The van der Waals surface area contributed by atoms with E-state index in [2.05, 4.69) is 18.3 Å². The summed E-state index contributed by atoms with van der Waals surface area (Å²) in [5, 5.41) is 3.15. The SMILES string of the molecule is CNc1c(C)cc(C)c(N)c1C. The second-order valence-corrected chi connectivity index (χ2v) is 3.17. The first kappa shape index (κ1) is 8.91. The predicted molar refractivity (Wildman–Crippen MR) is 54.6 cm³/mol. The number of aryl methyl sites for hydroxylation is 2. The molecule has 12 heavy (non-hydrogen) atoms. The number of anilines is 2. The summed E-state index contributed by atoms with van der Waals surface area (Å²) in [5.74, 6) is 0. The zero-order valence-corrected chi connectivity index (χ0v) is 8.15. The van der Waals surface area contributed by atoms with Crippen molar-refractivity contribution in [3.05, 3.63) is 22.8 Å². The third-order valence-electron chi connectivity index (χ3n) is 2.28. The summed E-state index contributed by atoms with van der Waals surface area (Å²) in [6.07, 6.45) is 0. The van der Waals surface area contributed by atoms with Crippen LogP contribution in [0.2, 0.25) is 0 Å². The zero-order valence-electron chi connectivity index (χ0n) is 8.15. The van der Waals surface area contributed by atoms with Gasteiger partial charge in [-0.3, -0.25) is 0 Å². The normalized spacial score (nSPS) is 10.0. The van der Waals surface area contributed by atoms with Gasteiger partial charge in [0.15, 0.2) is 0 Å². The molecule has 2 heteroatoms. The fraction of sp³-hybridized carbons (Fsp3) is 0.400. The molecule has 0 saturated carbocycles. The van der Waals surface area contributed by atoms with E-state index in [1.807, 2.05) is 20.9 Å². The van der Waals surface area contributed by atoms with Crippen LogP contribution in [0.3, 0.4) is 0 Å². The molecule has 0 amide bonds. The Kier molecular flexibility index (Phi) is 2.27. The van der Waals surface area contributed by atoms with Crippen LogP contribution in [0.25, 0.3) is 0 Å². The van der Waals surface area contributed by atoms with Gasteiger partial charge in [0.05, 0.1) is 0 Å². The lowest BCUT2D eigenvalue weighted by Gasteiger charge is -2.13. The highest BCUT2D eigenvalue weighted by Gasteiger charge is 2.05. The number of nitrogens with one attached hydrogen (secondary N) is 1. The molecule has 0 spiro atoms. The van der Waals surface area contributed by atoms with Gasteiger partial charge in [0.25, 0.3) is 0 Å². The average Bonchev–Trinajstić information content (AvgIpc) is 2.01. The first-order valence-electron chi connectivity index (χ1n) is 4.12. The summed E-state index contributed by atoms with van der Waals surface area (Å²) in [4.78, 5) is 0. The Hall–Kier alpha value is -1.18. The van der Waals surface area contributed by atoms with Crippen molar-refractivity contribution in [1.29, 1.82) is 0 Å². The van der Waals surface area contributed by atoms with E-state index >= 15 is 0 Å². The zero-order chi connectivity index (χ0) is 9.30. The molecule has 0 unspecified atom stereocenters. The van der Waals surface area contributed by atoms with Gasteiger partial charge in [-0.1, -0.05) is 6.07 Å². The molecular formula is C10H16N2. The maximum Gasteiger partial charge on any atom is 0.0417 e. The molecule has 0 atom stereocenters. The number of nitrogens with two attached hydrogens (primary N) is 1. The van der Waals surface area contributed by atoms with Crippen molar-refractivity contribution in [2.75, 3.05) is 18.1 Å². The van der Waals surface area contributed by atoms with Gasteiger partial charge in [-0.25, -0.2) is 0 Å². The van der Waals surface area contributed by atoms with Crippen LogP contribution >= 0.6 is 0 Å². The second-order valence-electron chi connectivity index (χ2n) is 3.17. The Balaban J connectivity index is 3.40. The van der Waals surface area contributed by atoms with Gasteiger partial charge in [0.2, 0.25) is 0 Å². The minimum Gasteiger partial charge on any atom is -0.398 e. The van der Waals surface area contributed by atoms with Gasteiger partial charge in [-0.15, -0.1) is 0 Å². The third kappa shape index (κ3) is 1.24. The predicted octanol–water partition coefficient (Wildman–Crippen LogP) is 2.24. The highest BCUT2D eigenvalue weighted by Crippen LogP contribution is 2.27. The quantitative estimate of drug-likeness (QED) is 0.625. The minimum atomic E-state index is 0.893. The van der Waals surface area contributed by atoms with Crippen LogP contribution < -0.4 is 11.1 Å². The van der Waals surface area contributed by atoms with Gasteiger partial charge in [0, 0.05) is 18.4 Å². The molecule has 1 rings (SSSR count). The van der Waals surface area contributed by atoms with Crippen molar-refractivity contribution in [3.8, 4) is 0 Å². The topological polar surface area (TPSA) is 38.0 Å². The van der Waals surface area contributed by atoms with Crippen LogP contribution in [-0.4, -0.2) is 7.05 Å². The Morgan fingerprint density at radius 3 is 2.25 bits per heavy atom. The fourth-order valence-electron chi connectivity index (χ4n) is 1.59. The van der Waals surface area contributed by atoms with Crippen LogP contribution in [0.1, 0.15) is 16.7 Å². The molecule has 1 aromatic carbocycles. The largest absolute Gasteiger partial charge is 0.398 e. The molecule has 1 aromatic rings. The smallest absolute Gasteiger partial charge is 0.0417 e. The number of rotatable bonds is 1. The van der Waals surface area contributed by atoms with E-state index in [0.717, 1.165) is 22.5 Å². The van der Waals surface area contributed by atoms with E-state index < -0.39 is 0 Å². The first-order chi connectivity index (χ1) is 5.57. The summed E-state index contributed by atoms with van der Waals surface area (Å²) in [5.41, 5.74) is 11.5. The first-order valence-corrected chi connectivity index (χ1v) is 4.12.